The van der Waals surface area contributed by atoms with Crippen molar-refractivity contribution in [2.24, 2.45) is 5.16 Å². The van der Waals surface area contributed by atoms with Crippen LogP contribution in [0.2, 0.25) is 0 Å². The van der Waals surface area contributed by atoms with Crippen LogP contribution in [-0.4, -0.2) is 28.3 Å². The quantitative estimate of drug-likeness (QED) is 0.125. The highest BCUT2D eigenvalue weighted by atomic mass is 32.2. The second kappa shape index (κ2) is 10.8. The number of hydrogen-bond donors (Lipinski definition) is 1. The molecule has 0 saturated heterocycles. The number of hydrogen-bond acceptors (Lipinski definition) is 6. The molecule has 0 radical (unpaired) electrons. The lowest BCUT2D eigenvalue weighted by Crippen LogP contribution is -2.32. The van der Waals surface area contributed by atoms with Crippen LogP contribution in [0.3, 0.4) is 0 Å². The molecule has 5 nitrogen and oxygen atoms in total. The van der Waals surface area contributed by atoms with Gasteiger partial charge in [0.1, 0.15) is 17.3 Å². The molecule has 0 saturated carbocycles. The summed E-state index contributed by atoms with van der Waals surface area (Å²) in [7, 11) is 1.33. The molecule has 208 valence electrons. The smallest absolute Gasteiger partial charge is 0.260 e. The van der Waals surface area contributed by atoms with Gasteiger partial charge in [-0.1, -0.05) is 41.6 Å². The van der Waals surface area contributed by atoms with Crippen LogP contribution < -0.4 is 10.3 Å². The first kappa shape index (κ1) is 27.2. The first-order chi connectivity index (χ1) is 19.8. The molecule has 1 atom stereocenters. The van der Waals surface area contributed by atoms with Gasteiger partial charge in [0.15, 0.2) is 11.6 Å². The van der Waals surface area contributed by atoms with Crippen LogP contribution in [0.4, 0.5) is 13.2 Å². The summed E-state index contributed by atoms with van der Waals surface area (Å²) < 4.78 is 52.9. The monoisotopic (exact) mass is 592 g/mol. The standard InChI is InChI=1S/C31H23F3N2O3S2/c1-16-19(13-20-22(32)9-6-10-23(20)33)31-36(30(37)27(16)18-8-5-11-25(39-2)28(18)34)24(15-41-31)29(35-38)21-14-40-26-12-4-3-7-17(21)26/h3-12,14,24,38H,13,15H2,1-2H3/b35-29-. The number of thiophene rings is 1. The molecular formula is C31H23F3N2O3S2. The molecule has 3 heterocycles. The first-order valence-electron chi connectivity index (χ1n) is 12.7. The molecule has 6 rings (SSSR count). The average molecular weight is 593 g/mol. The van der Waals surface area contributed by atoms with Gasteiger partial charge < -0.3 is 9.94 Å². The second-order valence-electron chi connectivity index (χ2n) is 9.62. The van der Waals surface area contributed by atoms with Crippen LogP contribution in [-0.2, 0) is 6.42 Å². The van der Waals surface area contributed by atoms with Crippen molar-refractivity contribution in [1.29, 1.82) is 0 Å². The second-order valence-corrected chi connectivity index (χ2v) is 11.5. The molecule has 2 aromatic heterocycles. The molecule has 10 heteroatoms. The zero-order valence-corrected chi connectivity index (χ0v) is 23.6. The maximum atomic E-state index is 15.6. The fourth-order valence-corrected chi connectivity index (χ4v) is 7.77. The molecule has 41 heavy (non-hydrogen) atoms. The van der Waals surface area contributed by atoms with Gasteiger partial charge in [-0.3, -0.25) is 9.36 Å². The number of nitrogens with zero attached hydrogens (tertiary/aromatic N) is 2. The van der Waals surface area contributed by atoms with Gasteiger partial charge in [0, 0.05) is 44.3 Å². The number of oxime groups is 1. The van der Waals surface area contributed by atoms with E-state index in [0.717, 1.165) is 10.1 Å². The molecule has 0 bridgehead atoms. The van der Waals surface area contributed by atoms with Gasteiger partial charge in [-0.05, 0) is 42.3 Å². The van der Waals surface area contributed by atoms with E-state index in [1.54, 1.807) is 13.0 Å². The molecule has 1 aliphatic heterocycles. The van der Waals surface area contributed by atoms with Crippen LogP contribution in [0.1, 0.15) is 28.3 Å². The van der Waals surface area contributed by atoms with E-state index in [4.69, 9.17) is 4.74 Å². The predicted octanol–water partition coefficient (Wildman–Crippen LogP) is 7.58. The topological polar surface area (TPSA) is 63.8 Å². The number of thioether (sulfide) groups is 1. The molecule has 3 aromatic carbocycles. The minimum Gasteiger partial charge on any atom is -0.494 e. The van der Waals surface area contributed by atoms with E-state index in [9.17, 15) is 18.8 Å². The minimum atomic E-state index is -0.721. The molecular weight excluding hydrogens is 569 g/mol. The van der Waals surface area contributed by atoms with Crippen molar-refractivity contribution in [3.05, 3.63) is 116 Å². The molecule has 1 aliphatic rings. The van der Waals surface area contributed by atoms with Crippen molar-refractivity contribution in [1.82, 2.24) is 4.57 Å². The normalized spacial score (nSPS) is 15.0. The summed E-state index contributed by atoms with van der Waals surface area (Å²) in [5, 5.41) is 17.1. The summed E-state index contributed by atoms with van der Waals surface area (Å²) in [5.74, 6) is -1.87. The fraction of sp³-hybridized carbons (Fsp3) is 0.161. The van der Waals surface area contributed by atoms with Crippen molar-refractivity contribution in [2.75, 3.05) is 12.9 Å². The van der Waals surface area contributed by atoms with Gasteiger partial charge in [0.05, 0.1) is 23.7 Å². The molecule has 1 unspecified atom stereocenters. The number of benzene rings is 3. The van der Waals surface area contributed by atoms with Gasteiger partial charge in [0.25, 0.3) is 5.56 Å². The summed E-state index contributed by atoms with van der Waals surface area (Å²) in [6.07, 6.45) is -0.161. The van der Waals surface area contributed by atoms with E-state index >= 15 is 4.39 Å². The number of methoxy groups -OCH3 is 1. The minimum absolute atomic E-state index is 0.0107. The number of halogens is 3. The van der Waals surface area contributed by atoms with E-state index in [1.807, 2.05) is 29.6 Å². The van der Waals surface area contributed by atoms with Crippen molar-refractivity contribution in [3.8, 4) is 16.9 Å². The Kier molecular flexibility index (Phi) is 7.13. The van der Waals surface area contributed by atoms with Crippen molar-refractivity contribution in [2.45, 2.75) is 24.4 Å². The van der Waals surface area contributed by atoms with Crippen LogP contribution >= 0.6 is 23.1 Å². The van der Waals surface area contributed by atoms with Crippen molar-refractivity contribution >= 4 is 38.9 Å². The maximum absolute atomic E-state index is 15.6. The fourth-order valence-electron chi connectivity index (χ4n) is 5.44. The Morgan fingerprint density at radius 2 is 1.78 bits per heavy atom. The largest absolute Gasteiger partial charge is 0.494 e. The Morgan fingerprint density at radius 1 is 1.05 bits per heavy atom. The summed E-state index contributed by atoms with van der Waals surface area (Å²) >= 11 is 2.82. The van der Waals surface area contributed by atoms with E-state index in [2.05, 4.69) is 5.16 Å². The molecule has 0 spiro atoms. The van der Waals surface area contributed by atoms with Crippen LogP contribution in [0.15, 0.2) is 81.0 Å². The number of rotatable bonds is 6. The van der Waals surface area contributed by atoms with Gasteiger partial charge in [-0.25, -0.2) is 13.2 Å². The Morgan fingerprint density at radius 3 is 2.51 bits per heavy atom. The Bertz CT molecular complexity index is 1900. The van der Waals surface area contributed by atoms with E-state index in [1.165, 1.54) is 65.1 Å². The number of fused-ring (bicyclic) bond motifs is 2. The summed E-state index contributed by atoms with van der Waals surface area (Å²) in [4.78, 5) is 14.3. The highest BCUT2D eigenvalue weighted by Gasteiger charge is 2.36. The van der Waals surface area contributed by atoms with Crippen molar-refractivity contribution in [3.63, 3.8) is 0 Å². The van der Waals surface area contributed by atoms with Gasteiger partial charge in [0.2, 0.25) is 0 Å². The SMILES string of the molecule is COc1cccc(-c2c(C)c(Cc3c(F)cccc3F)c3n(c2=O)C(/C(=N\O)c2csc4ccccc24)CS3)c1F. The van der Waals surface area contributed by atoms with E-state index < -0.39 is 29.1 Å². The summed E-state index contributed by atoms with van der Waals surface area (Å²) in [6, 6.07) is 15.1. The zero-order valence-electron chi connectivity index (χ0n) is 22.0. The lowest BCUT2D eigenvalue weighted by Gasteiger charge is -2.21. The summed E-state index contributed by atoms with van der Waals surface area (Å²) in [6.45, 7) is 1.66. The molecule has 5 aromatic rings. The van der Waals surface area contributed by atoms with Gasteiger partial charge >= 0.3 is 0 Å². The lowest BCUT2D eigenvalue weighted by atomic mass is 9.93. The number of aromatic nitrogens is 1. The highest BCUT2D eigenvalue weighted by Crippen LogP contribution is 2.43. The molecule has 0 amide bonds. The Hall–Kier alpha value is -4.02. The van der Waals surface area contributed by atoms with Crippen molar-refractivity contribution < 1.29 is 23.1 Å². The summed E-state index contributed by atoms with van der Waals surface area (Å²) in [5.41, 5.74) is 1.26. The third-order valence-electron chi connectivity index (χ3n) is 7.47. The van der Waals surface area contributed by atoms with Crippen LogP contribution in [0, 0.1) is 24.4 Å². The highest BCUT2D eigenvalue weighted by molar-refractivity contribution is 7.99. The van der Waals surface area contributed by atoms with Gasteiger partial charge in [-0.15, -0.1) is 23.1 Å². The Balaban J connectivity index is 1.62. The maximum Gasteiger partial charge on any atom is 0.260 e. The lowest BCUT2D eigenvalue weighted by molar-refractivity contribution is 0.315. The Labute approximate surface area is 241 Å². The zero-order chi connectivity index (χ0) is 28.8. The number of ether oxygens (including phenoxy) is 1. The predicted molar refractivity (Wildman–Crippen MR) is 156 cm³/mol. The molecule has 0 fully saturated rings. The van der Waals surface area contributed by atoms with Crippen LogP contribution in [0.25, 0.3) is 21.2 Å². The first-order valence-corrected chi connectivity index (χ1v) is 14.6. The van der Waals surface area contributed by atoms with Crippen LogP contribution in [0.5, 0.6) is 5.75 Å². The molecule has 0 aliphatic carbocycles. The third kappa shape index (κ3) is 4.42. The third-order valence-corrected chi connectivity index (χ3v) is 9.64. The van der Waals surface area contributed by atoms with E-state index in [-0.39, 0.29) is 34.6 Å². The van der Waals surface area contributed by atoms with Gasteiger partial charge in [-0.2, -0.15) is 0 Å². The average Bonchev–Trinajstić information content (AvgIpc) is 3.60. The van der Waals surface area contributed by atoms with E-state index in [0.29, 0.717) is 27.5 Å². The molecule has 1 N–H and O–H groups in total. The number of pyridine rings is 1.